The van der Waals surface area contributed by atoms with Gasteiger partial charge in [0, 0.05) is 6.42 Å². The summed E-state index contributed by atoms with van der Waals surface area (Å²) in [6.45, 7) is 0. The van der Waals surface area contributed by atoms with Gasteiger partial charge in [-0.2, -0.15) is 4.98 Å². The van der Waals surface area contributed by atoms with Gasteiger partial charge in [-0.3, -0.25) is 24.4 Å². The monoisotopic (exact) mass is 479 g/mol. The van der Waals surface area contributed by atoms with E-state index in [-0.39, 0.29) is 29.4 Å². The smallest absolute Gasteiger partial charge is 0.326 e. The maximum Gasteiger partial charge on any atom is 0.326 e. The fourth-order valence-electron chi connectivity index (χ4n) is 3.09. The number of carbonyl (C=O) groups is 3. The molecule has 0 radical (unpaired) electrons. The SMILES string of the molecule is Nc1nc2ncc(C=Nc3ccc4nc(C(=O)NC(CCC(=O)O)C(=O)O)[nH]c4c3)nc2c(=O)[nH]1. The lowest BCUT2D eigenvalue weighted by atomic mass is 10.1. The minimum absolute atomic E-state index is 0.00541. The van der Waals surface area contributed by atoms with Crippen molar-refractivity contribution in [3.8, 4) is 0 Å². The van der Waals surface area contributed by atoms with Gasteiger partial charge >= 0.3 is 11.9 Å². The topological polar surface area (TPSA) is 242 Å². The summed E-state index contributed by atoms with van der Waals surface area (Å²) in [7, 11) is 0. The van der Waals surface area contributed by atoms with Crippen LogP contribution in [0.5, 0.6) is 0 Å². The van der Waals surface area contributed by atoms with Crippen molar-refractivity contribution in [1.29, 1.82) is 0 Å². The molecule has 0 saturated carbocycles. The predicted molar refractivity (Wildman–Crippen MR) is 121 cm³/mol. The van der Waals surface area contributed by atoms with Crippen LogP contribution < -0.4 is 16.6 Å². The van der Waals surface area contributed by atoms with Crippen LogP contribution in [-0.2, 0) is 9.59 Å². The van der Waals surface area contributed by atoms with Gasteiger partial charge in [-0.25, -0.2) is 19.7 Å². The van der Waals surface area contributed by atoms with Crippen LogP contribution in [0.15, 0.2) is 34.2 Å². The van der Waals surface area contributed by atoms with E-state index in [4.69, 9.17) is 10.8 Å². The fourth-order valence-corrected chi connectivity index (χ4v) is 3.09. The molecule has 0 aliphatic heterocycles. The zero-order valence-electron chi connectivity index (χ0n) is 17.7. The molecule has 3 aromatic heterocycles. The average molecular weight is 479 g/mol. The minimum atomic E-state index is -1.38. The lowest BCUT2D eigenvalue weighted by Gasteiger charge is -2.12. The number of fused-ring (bicyclic) bond motifs is 2. The second-order valence-electron chi connectivity index (χ2n) is 7.26. The first-order valence-corrected chi connectivity index (χ1v) is 10.0. The molecule has 1 atom stereocenters. The Bertz CT molecular complexity index is 1560. The third-order valence-corrected chi connectivity index (χ3v) is 4.73. The predicted octanol–water partition coefficient (Wildman–Crippen LogP) is -0.0300. The summed E-state index contributed by atoms with van der Waals surface area (Å²) < 4.78 is 0. The highest BCUT2D eigenvalue weighted by Gasteiger charge is 2.23. The number of carboxylic acids is 2. The summed E-state index contributed by atoms with van der Waals surface area (Å²) in [5.74, 6) is -3.54. The number of nitrogens with zero attached hydrogens (tertiary/aromatic N) is 5. The molecule has 0 fully saturated rings. The highest BCUT2D eigenvalue weighted by atomic mass is 16.4. The number of hydrogen-bond donors (Lipinski definition) is 6. The molecule has 4 rings (SSSR count). The molecule has 3 heterocycles. The Kier molecular flexibility index (Phi) is 6.13. The minimum Gasteiger partial charge on any atom is -0.481 e. The van der Waals surface area contributed by atoms with E-state index >= 15 is 0 Å². The second-order valence-corrected chi connectivity index (χ2v) is 7.26. The summed E-state index contributed by atoms with van der Waals surface area (Å²) in [6, 6.07) is 3.43. The highest BCUT2D eigenvalue weighted by molar-refractivity contribution is 5.97. The number of carbonyl (C=O) groups excluding carboxylic acids is 1. The van der Waals surface area contributed by atoms with Crippen molar-refractivity contribution < 1.29 is 24.6 Å². The van der Waals surface area contributed by atoms with Crippen molar-refractivity contribution in [3.63, 3.8) is 0 Å². The Morgan fingerprint density at radius 2 is 1.97 bits per heavy atom. The Balaban J connectivity index is 1.52. The first kappa shape index (κ1) is 23.0. The number of nitrogens with two attached hydrogens (primary N) is 1. The molecule has 0 aliphatic carbocycles. The molecule has 1 unspecified atom stereocenters. The molecule has 7 N–H and O–H groups in total. The second kappa shape index (κ2) is 9.34. The largest absolute Gasteiger partial charge is 0.481 e. The molecule has 0 bridgehead atoms. The normalized spacial score (nSPS) is 12.2. The number of amides is 1. The summed E-state index contributed by atoms with van der Waals surface area (Å²) in [5, 5.41) is 20.2. The molecule has 4 aromatic rings. The quantitative estimate of drug-likeness (QED) is 0.183. The number of imidazole rings is 1. The van der Waals surface area contributed by atoms with Crippen LogP contribution in [0.25, 0.3) is 22.2 Å². The van der Waals surface area contributed by atoms with Crippen molar-refractivity contribution >= 4 is 57.9 Å². The van der Waals surface area contributed by atoms with E-state index in [0.717, 1.165) is 0 Å². The fraction of sp³-hybridized carbons (Fsp3) is 0.150. The first-order valence-electron chi connectivity index (χ1n) is 10.0. The van der Waals surface area contributed by atoms with Gasteiger partial charge < -0.3 is 26.2 Å². The van der Waals surface area contributed by atoms with Crippen LogP contribution in [0.4, 0.5) is 11.6 Å². The van der Waals surface area contributed by atoms with Gasteiger partial charge in [0.05, 0.1) is 29.1 Å². The molecule has 178 valence electrons. The standard InChI is InChI=1S/C20H17N9O6/c21-20-28-15-14(17(32)29-20)24-9(7-23-15)6-22-8-1-2-10-12(5-8)26-16(25-10)18(33)27-11(19(34)35)3-4-13(30)31/h1-2,5-7,11H,3-4H2,(H,25,26)(H,27,33)(H,30,31)(H,34,35)(H3,21,23,28,29,32). The van der Waals surface area contributed by atoms with Crippen molar-refractivity contribution in [3.05, 3.63) is 46.3 Å². The lowest BCUT2D eigenvalue weighted by Crippen LogP contribution is -2.41. The number of nitrogen functional groups attached to an aromatic ring is 1. The first-order chi connectivity index (χ1) is 16.7. The number of nitrogens with one attached hydrogen (secondary N) is 3. The Hall–Kier alpha value is -5.21. The van der Waals surface area contributed by atoms with Gasteiger partial charge in [-0.05, 0) is 24.6 Å². The highest BCUT2D eigenvalue weighted by Crippen LogP contribution is 2.20. The third-order valence-electron chi connectivity index (χ3n) is 4.73. The molecule has 0 saturated heterocycles. The van der Waals surface area contributed by atoms with Gasteiger partial charge in [0.25, 0.3) is 11.5 Å². The van der Waals surface area contributed by atoms with Crippen LogP contribution in [0.1, 0.15) is 29.2 Å². The van der Waals surface area contributed by atoms with Crippen molar-refractivity contribution in [2.75, 3.05) is 5.73 Å². The van der Waals surface area contributed by atoms with Gasteiger partial charge in [0.2, 0.25) is 5.95 Å². The van der Waals surface area contributed by atoms with E-state index in [2.05, 4.69) is 40.2 Å². The van der Waals surface area contributed by atoms with Crippen LogP contribution >= 0.6 is 0 Å². The Labute approximate surface area is 194 Å². The molecule has 15 heteroatoms. The zero-order valence-corrected chi connectivity index (χ0v) is 17.7. The number of aromatic nitrogens is 6. The number of benzene rings is 1. The maximum atomic E-state index is 12.4. The van der Waals surface area contributed by atoms with E-state index in [1.165, 1.54) is 12.4 Å². The van der Waals surface area contributed by atoms with Crippen LogP contribution in [0.2, 0.25) is 0 Å². The molecule has 1 aromatic carbocycles. The van der Waals surface area contributed by atoms with E-state index in [1.807, 2.05) is 0 Å². The van der Waals surface area contributed by atoms with Crippen LogP contribution in [0, 0.1) is 0 Å². The van der Waals surface area contributed by atoms with Gasteiger partial charge in [-0.1, -0.05) is 0 Å². The summed E-state index contributed by atoms with van der Waals surface area (Å²) in [5.41, 5.74) is 6.68. The summed E-state index contributed by atoms with van der Waals surface area (Å²) in [6.07, 6.45) is 2.06. The van der Waals surface area contributed by atoms with Crippen molar-refractivity contribution in [1.82, 2.24) is 35.2 Å². The summed E-state index contributed by atoms with van der Waals surface area (Å²) in [4.78, 5) is 72.0. The molecular formula is C20H17N9O6. The van der Waals surface area contributed by atoms with Gasteiger partial charge in [0.15, 0.2) is 17.0 Å². The molecule has 0 spiro atoms. The number of rotatable bonds is 8. The number of hydrogen-bond acceptors (Lipinski definition) is 10. The number of anilines is 1. The molecule has 1 amide bonds. The van der Waals surface area contributed by atoms with Crippen LogP contribution in [0.3, 0.4) is 0 Å². The van der Waals surface area contributed by atoms with Crippen molar-refractivity contribution in [2.24, 2.45) is 4.99 Å². The van der Waals surface area contributed by atoms with Gasteiger partial charge in [-0.15, -0.1) is 0 Å². The van der Waals surface area contributed by atoms with E-state index < -0.39 is 35.9 Å². The zero-order chi connectivity index (χ0) is 25.1. The molecule has 15 nitrogen and oxygen atoms in total. The van der Waals surface area contributed by atoms with E-state index in [1.54, 1.807) is 18.2 Å². The molecular weight excluding hydrogens is 462 g/mol. The van der Waals surface area contributed by atoms with E-state index in [9.17, 15) is 24.3 Å². The van der Waals surface area contributed by atoms with Gasteiger partial charge in [0.1, 0.15) is 11.7 Å². The number of aliphatic imine (C=N–C) groups is 1. The van der Waals surface area contributed by atoms with E-state index in [0.29, 0.717) is 22.4 Å². The number of aromatic amines is 2. The number of carboxylic acid groups (broad SMARTS) is 2. The number of aliphatic carboxylic acids is 2. The average Bonchev–Trinajstić information content (AvgIpc) is 3.23. The van der Waals surface area contributed by atoms with Crippen molar-refractivity contribution in [2.45, 2.75) is 18.9 Å². The molecule has 35 heavy (non-hydrogen) atoms. The Morgan fingerprint density at radius 3 is 2.71 bits per heavy atom. The Morgan fingerprint density at radius 1 is 1.17 bits per heavy atom. The van der Waals surface area contributed by atoms with Crippen LogP contribution in [-0.4, -0.2) is 70.2 Å². The lowest BCUT2D eigenvalue weighted by molar-refractivity contribution is -0.140. The summed E-state index contributed by atoms with van der Waals surface area (Å²) >= 11 is 0. The molecule has 0 aliphatic rings. The number of H-pyrrole nitrogens is 2. The third kappa shape index (κ3) is 5.24. The maximum absolute atomic E-state index is 12.4.